The SMILES string of the molecule is CCCOC(=O)c1c(NC(=O)c2ccc(OC)cc2)sc(C)c1-c1ccc(CCC)cc1. The summed E-state index contributed by atoms with van der Waals surface area (Å²) in [4.78, 5) is 26.8. The highest BCUT2D eigenvalue weighted by Gasteiger charge is 2.26. The fraction of sp³-hybridized carbons (Fsp3) is 0.308. The molecule has 0 saturated carbocycles. The van der Waals surface area contributed by atoms with E-state index in [1.54, 1.807) is 31.4 Å². The zero-order valence-electron chi connectivity index (χ0n) is 19.0. The van der Waals surface area contributed by atoms with E-state index in [1.807, 2.05) is 26.0 Å². The van der Waals surface area contributed by atoms with E-state index >= 15 is 0 Å². The molecule has 168 valence electrons. The number of aryl methyl sites for hydroxylation is 2. The molecule has 0 aliphatic rings. The highest BCUT2D eigenvalue weighted by atomic mass is 32.1. The Morgan fingerprint density at radius 3 is 2.25 bits per heavy atom. The van der Waals surface area contributed by atoms with Gasteiger partial charge in [-0.2, -0.15) is 0 Å². The number of hydrogen-bond donors (Lipinski definition) is 1. The molecule has 1 amide bonds. The van der Waals surface area contributed by atoms with Crippen LogP contribution in [0.5, 0.6) is 5.75 Å². The summed E-state index contributed by atoms with van der Waals surface area (Å²) in [5.74, 6) is -0.0386. The van der Waals surface area contributed by atoms with Crippen molar-refractivity contribution < 1.29 is 19.1 Å². The number of esters is 1. The largest absolute Gasteiger partial charge is 0.497 e. The zero-order valence-corrected chi connectivity index (χ0v) is 19.8. The van der Waals surface area contributed by atoms with E-state index in [4.69, 9.17) is 9.47 Å². The monoisotopic (exact) mass is 451 g/mol. The first-order valence-electron chi connectivity index (χ1n) is 10.8. The number of rotatable bonds is 9. The van der Waals surface area contributed by atoms with Crippen molar-refractivity contribution in [1.82, 2.24) is 0 Å². The molecule has 1 N–H and O–H groups in total. The van der Waals surface area contributed by atoms with Gasteiger partial charge in [-0.05, 0) is 55.2 Å². The lowest BCUT2D eigenvalue weighted by atomic mass is 9.99. The third kappa shape index (κ3) is 5.37. The first-order valence-corrected chi connectivity index (χ1v) is 11.6. The van der Waals surface area contributed by atoms with Crippen molar-refractivity contribution in [2.75, 3.05) is 19.0 Å². The lowest BCUT2D eigenvalue weighted by Crippen LogP contribution is -2.15. The van der Waals surface area contributed by atoms with Crippen LogP contribution in [0, 0.1) is 6.92 Å². The molecule has 2 aromatic carbocycles. The quantitative estimate of drug-likeness (QED) is 0.377. The molecule has 0 fully saturated rings. The molecule has 0 aliphatic heterocycles. The van der Waals surface area contributed by atoms with Gasteiger partial charge in [0.25, 0.3) is 5.91 Å². The van der Waals surface area contributed by atoms with Gasteiger partial charge in [0, 0.05) is 16.0 Å². The Bertz CT molecular complexity index is 1070. The molecule has 5 nitrogen and oxygen atoms in total. The minimum absolute atomic E-state index is 0.289. The van der Waals surface area contributed by atoms with Crippen molar-refractivity contribution in [3.63, 3.8) is 0 Å². The summed E-state index contributed by atoms with van der Waals surface area (Å²) in [7, 11) is 1.58. The fourth-order valence-electron chi connectivity index (χ4n) is 3.49. The molecular formula is C26H29NO4S. The van der Waals surface area contributed by atoms with Crippen LogP contribution in [0.1, 0.15) is 57.8 Å². The van der Waals surface area contributed by atoms with Crippen LogP contribution >= 0.6 is 11.3 Å². The maximum atomic E-state index is 13.0. The van der Waals surface area contributed by atoms with Crippen LogP contribution in [0.15, 0.2) is 48.5 Å². The molecule has 0 spiro atoms. The lowest BCUT2D eigenvalue weighted by molar-refractivity contribution is 0.0507. The van der Waals surface area contributed by atoms with Gasteiger partial charge in [0.05, 0.1) is 13.7 Å². The number of carbonyl (C=O) groups is 2. The second kappa shape index (κ2) is 11.0. The Kier molecular flexibility index (Phi) is 8.06. The van der Waals surface area contributed by atoms with E-state index in [2.05, 4.69) is 24.4 Å². The molecule has 0 atom stereocenters. The van der Waals surface area contributed by atoms with Crippen molar-refractivity contribution in [1.29, 1.82) is 0 Å². The molecule has 0 bridgehead atoms. The van der Waals surface area contributed by atoms with Gasteiger partial charge in [-0.3, -0.25) is 4.79 Å². The number of benzene rings is 2. The van der Waals surface area contributed by atoms with Gasteiger partial charge >= 0.3 is 5.97 Å². The molecule has 0 radical (unpaired) electrons. The number of amides is 1. The smallest absolute Gasteiger partial charge is 0.341 e. The highest BCUT2D eigenvalue weighted by Crippen LogP contribution is 2.40. The molecule has 0 aliphatic carbocycles. The van der Waals surface area contributed by atoms with Crippen LogP contribution in [0.25, 0.3) is 11.1 Å². The summed E-state index contributed by atoms with van der Waals surface area (Å²) in [5, 5.41) is 3.42. The number of ether oxygens (including phenoxy) is 2. The van der Waals surface area contributed by atoms with Crippen LogP contribution in [-0.2, 0) is 11.2 Å². The van der Waals surface area contributed by atoms with E-state index in [0.29, 0.717) is 28.5 Å². The zero-order chi connectivity index (χ0) is 23.1. The number of methoxy groups -OCH3 is 1. The van der Waals surface area contributed by atoms with Crippen molar-refractivity contribution in [3.05, 3.63) is 70.1 Å². The van der Waals surface area contributed by atoms with Crippen molar-refractivity contribution in [3.8, 4) is 16.9 Å². The minimum atomic E-state index is -0.422. The van der Waals surface area contributed by atoms with Crippen molar-refractivity contribution in [2.45, 2.75) is 40.0 Å². The van der Waals surface area contributed by atoms with Crippen molar-refractivity contribution >= 4 is 28.2 Å². The first kappa shape index (κ1) is 23.5. The normalized spacial score (nSPS) is 10.6. The van der Waals surface area contributed by atoms with E-state index in [0.717, 1.165) is 35.3 Å². The van der Waals surface area contributed by atoms with Crippen LogP contribution in [0.4, 0.5) is 5.00 Å². The number of carbonyl (C=O) groups excluding carboxylic acids is 2. The van der Waals surface area contributed by atoms with Crippen molar-refractivity contribution in [2.24, 2.45) is 0 Å². The Morgan fingerprint density at radius 2 is 1.66 bits per heavy atom. The summed E-state index contributed by atoms with van der Waals surface area (Å²) in [6.07, 6.45) is 2.81. The molecule has 1 aromatic heterocycles. The van der Waals surface area contributed by atoms with Gasteiger partial charge < -0.3 is 14.8 Å². The average molecular weight is 452 g/mol. The number of hydrogen-bond acceptors (Lipinski definition) is 5. The molecule has 0 saturated heterocycles. The summed E-state index contributed by atoms with van der Waals surface area (Å²) >= 11 is 1.39. The van der Waals surface area contributed by atoms with E-state index < -0.39 is 5.97 Å². The van der Waals surface area contributed by atoms with E-state index in [-0.39, 0.29) is 5.91 Å². The Morgan fingerprint density at radius 1 is 0.969 bits per heavy atom. The van der Waals surface area contributed by atoms with Crippen LogP contribution in [-0.4, -0.2) is 25.6 Å². The summed E-state index contributed by atoms with van der Waals surface area (Å²) in [5.41, 5.74) is 3.89. The predicted molar refractivity (Wildman–Crippen MR) is 130 cm³/mol. The second-order valence-electron chi connectivity index (χ2n) is 7.50. The predicted octanol–water partition coefficient (Wildman–Crippen LogP) is 6.50. The summed E-state index contributed by atoms with van der Waals surface area (Å²) in [6.45, 7) is 6.39. The van der Waals surface area contributed by atoms with Gasteiger partial charge in [-0.1, -0.05) is 44.5 Å². The third-order valence-electron chi connectivity index (χ3n) is 5.09. The molecular weight excluding hydrogens is 422 g/mol. The van der Waals surface area contributed by atoms with Crippen LogP contribution < -0.4 is 10.1 Å². The van der Waals surface area contributed by atoms with Gasteiger partial charge in [0.1, 0.15) is 16.3 Å². The second-order valence-corrected chi connectivity index (χ2v) is 8.73. The van der Waals surface area contributed by atoms with E-state index in [9.17, 15) is 9.59 Å². The highest BCUT2D eigenvalue weighted by molar-refractivity contribution is 7.17. The van der Waals surface area contributed by atoms with E-state index in [1.165, 1.54) is 16.9 Å². The summed E-state index contributed by atoms with van der Waals surface area (Å²) < 4.78 is 10.6. The van der Waals surface area contributed by atoms with Crippen LogP contribution in [0.2, 0.25) is 0 Å². The average Bonchev–Trinajstić information content (AvgIpc) is 3.13. The topological polar surface area (TPSA) is 64.6 Å². The number of anilines is 1. The Balaban J connectivity index is 1.98. The number of thiophene rings is 1. The first-order chi connectivity index (χ1) is 15.5. The number of nitrogens with one attached hydrogen (secondary N) is 1. The fourth-order valence-corrected chi connectivity index (χ4v) is 4.55. The lowest BCUT2D eigenvalue weighted by Gasteiger charge is -2.10. The molecule has 3 rings (SSSR count). The van der Waals surface area contributed by atoms with Gasteiger partial charge in [-0.15, -0.1) is 11.3 Å². The Hall–Kier alpha value is -3.12. The van der Waals surface area contributed by atoms with Gasteiger partial charge in [0.15, 0.2) is 0 Å². The van der Waals surface area contributed by atoms with Crippen LogP contribution in [0.3, 0.4) is 0 Å². The molecule has 0 unspecified atom stereocenters. The minimum Gasteiger partial charge on any atom is -0.497 e. The maximum absolute atomic E-state index is 13.0. The molecule has 3 aromatic rings. The molecule has 32 heavy (non-hydrogen) atoms. The third-order valence-corrected chi connectivity index (χ3v) is 6.11. The van der Waals surface area contributed by atoms with Gasteiger partial charge in [-0.25, -0.2) is 4.79 Å². The molecule has 1 heterocycles. The van der Waals surface area contributed by atoms with Gasteiger partial charge in [0.2, 0.25) is 0 Å². The maximum Gasteiger partial charge on any atom is 0.341 e. The standard InChI is InChI=1S/C26H29NO4S/c1-5-7-18-8-10-19(11-9-18)22-17(3)32-25(23(22)26(29)31-16-6-2)27-24(28)20-12-14-21(30-4)15-13-20/h8-15H,5-7,16H2,1-4H3,(H,27,28). The Labute approximate surface area is 193 Å². The molecule has 6 heteroatoms. The summed E-state index contributed by atoms with van der Waals surface area (Å²) in [6, 6.07) is 15.1.